The van der Waals surface area contributed by atoms with Crippen molar-refractivity contribution in [2.24, 2.45) is 0 Å². The van der Waals surface area contributed by atoms with Gasteiger partial charge in [-0.2, -0.15) is 5.10 Å². The average Bonchev–Trinajstić information content (AvgIpc) is 3.09. The molecule has 0 radical (unpaired) electrons. The summed E-state index contributed by atoms with van der Waals surface area (Å²) in [5.41, 5.74) is 4.73. The molecule has 0 saturated heterocycles. The second-order valence-electron chi connectivity index (χ2n) is 7.29. The number of halogens is 1. The van der Waals surface area contributed by atoms with Crippen LogP contribution in [-0.2, 0) is 0 Å². The lowest BCUT2D eigenvalue weighted by atomic mass is 10.1. The Hall–Kier alpha value is -3.90. The summed E-state index contributed by atoms with van der Waals surface area (Å²) in [4.78, 5) is 25.1. The van der Waals surface area contributed by atoms with Gasteiger partial charge in [0.05, 0.1) is 22.8 Å². The van der Waals surface area contributed by atoms with Crippen LogP contribution in [0.3, 0.4) is 0 Å². The van der Waals surface area contributed by atoms with Gasteiger partial charge in [0.25, 0.3) is 11.8 Å². The molecule has 4 rings (SSSR count). The van der Waals surface area contributed by atoms with Crippen LogP contribution >= 0.6 is 11.6 Å². The number of benzene rings is 3. The van der Waals surface area contributed by atoms with E-state index in [1.54, 1.807) is 53.2 Å². The number of carbonyl (C=O) groups is 2. The first kappa shape index (κ1) is 21.3. The number of aromatic nitrogens is 2. The van der Waals surface area contributed by atoms with Gasteiger partial charge in [-0.05, 0) is 74.5 Å². The highest BCUT2D eigenvalue weighted by molar-refractivity contribution is 6.30. The SMILES string of the molecule is Cc1nn(-c2ccccc2)c(C)c1NC(=O)c1ccc(NC(=O)c2ccc(Cl)cc2)cc1. The lowest BCUT2D eigenvalue weighted by molar-refractivity contribution is 0.102. The molecule has 0 aliphatic rings. The smallest absolute Gasteiger partial charge is 0.255 e. The Bertz CT molecular complexity index is 1260. The minimum absolute atomic E-state index is 0.251. The van der Waals surface area contributed by atoms with E-state index in [2.05, 4.69) is 15.7 Å². The second-order valence-corrected chi connectivity index (χ2v) is 7.72. The number of nitrogens with one attached hydrogen (secondary N) is 2. The second kappa shape index (κ2) is 9.08. The quantitative estimate of drug-likeness (QED) is 0.417. The van der Waals surface area contributed by atoms with Gasteiger partial charge in [0.15, 0.2) is 0 Å². The molecule has 0 aliphatic heterocycles. The number of hydrogen-bond acceptors (Lipinski definition) is 3. The Morgan fingerprint density at radius 3 is 1.97 bits per heavy atom. The summed E-state index contributed by atoms with van der Waals surface area (Å²) in [5.74, 6) is -0.502. The molecule has 2 amide bonds. The molecule has 2 N–H and O–H groups in total. The van der Waals surface area contributed by atoms with Gasteiger partial charge in [0, 0.05) is 21.8 Å². The zero-order valence-electron chi connectivity index (χ0n) is 17.6. The van der Waals surface area contributed by atoms with Crippen molar-refractivity contribution < 1.29 is 9.59 Å². The Morgan fingerprint density at radius 1 is 0.781 bits per heavy atom. The predicted molar refractivity (Wildman–Crippen MR) is 127 cm³/mol. The summed E-state index contributed by atoms with van der Waals surface area (Å²) in [6, 6.07) is 23.1. The molecule has 0 bridgehead atoms. The van der Waals surface area contributed by atoms with E-state index in [0.29, 0.717) is 27.5 Å². The van der Waals surface area contributed by atoms with Gasteiger partial charge < -0.3 is 10.6 Å². The molecule has 1 aromatic heterocycles. The fourth-order valence-electron chi connectivity index (χ4n) is 3.34. The molecule has 6 nitrogen and oxygen atoms in total. The van der Waals surface area contributed by atoms with Crippen molar-refractivity contribution in [1.29, 1.82) is 0 Å². The average molecular weight is 445 g/mol. The van der Waals surface area contributed by atoms with Crippen LogP contribution < -0.4 is 10.6 Å². The van der Waals surface area contributed by atoms with Crippen molar-refractivity contribution in [3.8, 4) is 5.69 Å². The number of amides is 2. The number of nitrogens with zero attached hydrogens (tertiary/aromatic N) is 2. The maximum absolute atomic E-state index is 12.8. The maximum Gasteiger partial charge on any atom is 0.255 e. The Labute approximate surface area is 190 Å². The van der Waals surface area contributed by atoms with E-state index in [9.17, 15) is 9.59 Å². The molecule has 3 aromatic carbocycles. The Kier molecular flexibility index (Phi) is 6.05. The molecule has 7 heteroatoms. The highest BCUT2D eigenvalue weighted by atomic mass is 35.5. The molecule has 1 heterocycles. The third-order valence-electron chi connectivity index (χ3n) is 5.04. The third-order valence-corrected chi connectivity index (χ3v) is 5.29. The van der Waals surface area contributed by atoms with E-state index in [0.717, 1.165) is 17.1 Å². The maximum atomic E-state index is 12.8. The van der Waals surface area contributed by atoms with E-state index in [4.69, 9.17) is 11.6 Å². The summed E-state index contributed by atoms with van der Waals surface area (Å²) in [5, 5.41) is 10.9. The van der Waals surface area contributed by atoms with E-state index < -0.39 is 0 Å². The van der Waals surface area contributed by atoms with Crippen LogP contribution in [0.4, 0.5) is 11.4 Å². The first-order valence-electron chi connectivity index (χ1n) is 10.0. The van der Waals surface area contributed by atoms with Gasteiger partial charge >= 0.3 is 0 Å². The standard InChI is InChI=1S/C25H21ClN4O2/c1-16-23(17(2)30(29-16)22-6-4-3-5-7-22)28-25(32)19-10-14-21(15-11-19)27-24(31)18-8-12-20(26)13-9-18/h3-15H,1-2H3,(H,27,31)(H,28,32). The molecule has 0 aliphatic carbocycles. The van der Waals surface area contributed by atoms with E-state index in [1.807, 2.05) is 44.2 Å². The van der Waals surface area contributed by atoms with Crippen molar-refractivity contribution >= 4 is 34.8 Å². The lowest BCUT2D eigenvalue weighted by Crippen LogP contribution is -2.14. The van der Waals surface area contributed by atoms with Crippen LogP contribution in [-0.4, -0.2) is 21.6 Å². The van der Waals surface area contributed by atoms with Gasteiger partial charge in [0.2, 0.25) is 0 Å². The van der Waals surface area contributed by atoms with Crippen LogP contribution in [0.25, 0.3) is 5.69 Å². The first-order chi connectivity index (χ1) is 15.4. The number of rotatable bonds is 5. The van der Waals surface area contributed by atoms with E-state index in [-0.39, 0.29) is 11.8 Å². The molecular weight excluding hydrogens is 424 g/mol. The fourth-order valence-corrected chi connectivity index (χ4v) is 3.47. The molecule has 0 atom stereocenters. The molecular formula is C25H21ClN4O2. The molecule has 0 spiro atoms. The van der Waals surface area contributed by atoms with Crippen LogP contribution in [0.15, 0.2) is 78.9 Å². The summed E-state index contributed by atoms with van der Waals surface area (Å²) in [7, 11) is 0. The summed E-state index contributed by atoms with van der Waals surface area (Å²) in [6.45, 7) is 3.77. The summed E-state index contributed by atoms with van der Waals surface area (Å²) >= 11 is 5.86. The number of aryl methyl sites for hydroxylation is 1. The minimum atomic E-state index is -0.251. The van der Waals surface area contributed by atoms with Gasteiger partial charge in [0.1, 0.15) is 0 Å². The number of carbonyl (C=O) groups excluding carboxylic acids is 2. The third kappa shape index (κ3) is 4.55. The molecule has 160 valence electrons. The van der Waals surface area contributed by atoms with E-state index >= 15 is 0 Å². The number of hydrogen-bond donors (Lipinski definition) is 2. The minimum Gasteiger partial charge on any atom is -0.322 e. The zero-order chi connectivity index (χ0) is 22.7. The van der Waals surface area contributed by atoms with E-state index in [1.165, 1.54) is 0 Å². The topological polar surface area (TPSA) is 76.0 Å². The van der Waals surface area contributed by atoms with Gasteiger partial charge in [-0.15, -0.1) is 0 Å². The van der Waals surface area contributed by atoms with Crippen molar-refractivity contribution in [2.75, 3.05) is 10.6 Å². The predicted octanol–water partition coefficient (Wildman–Crippen LogP) is 5.65. The normalized spacial score (nSPS) is 10.6. The van der Waals surface area contributed by atoms with Crippen LogP contribution in [0.2, 0.25) is 5.02 Å². The van der Waals surface area contributed by atoms with Crippen LogP contribution in [0.1, 0.15) is 32.1 Å². The summed E-state index contributed by atoms with van der Waals surface area (Å²) in [6.07, 6.45) is 0. The van der Waals surface area contributed by atoms with Crippen molar-refractivity contribution in [3.63, 3.8) is 0 Å². The lowest BCUT2D eigenvalue weighted by Gasteiger charge is -2.09. The monoisotopic (exact) mass is 444 g/mol. The summed E-state index contributed by atoms with van der Waals surface area (Å²) < 4.78 is 1.81. The van der Waals surface area contributed by atoms with Crippen molar-refractivity contribution in [2.45, 2.75) is 13.8 Å². The van der Waals surface area contributed by atoms with Crippen LogP contribution in [0, 0.1) is 13.8 Å². The van der Waals surface area contributed by atoms with Gasteiger partial charge in [-0.25, -0.2) is 4.68 Å². The zero-order valence-corrected chi connectivity index (χ0v) is 18.4. The van der Waals surface area contributed by atoms with Crippen molar-refractivity contribution in [3.05, 3.63) is 106 Å². The highest BCUT2D eigenvalue weighted by Crippen LogP contribution is 2.23. The number of anilines is 2. The molecule has 32 heavy (non-hydrogen) atoms. The van der Waals surface area contributed by atoms with Crippen LogP contribution in [0.5, 0.6) is 0 Å². The Morgan fingerprint density at radius 2 is 1.34 bits per heavy atom. The first-order valence-corrected chi connectivity index (χ1v) is 10.4. The van der Waals surface area contributed by atoms with Gasteiger partial charge in [-0.1, -0.05) is 29.8 Å². The highest BCUT2D eigenvalue weighted by Gasteiger charge is 2.16. The van der Waals surface area contributed by atoms with Crippen molar-refractivity contribution in [1.82, 2.24) is 9.78 Å². The molecule has 4 aromatic rings. The molecule has 0 unspecified atom stereocenters. The molecule has 0 saturated carbocycles. The van der Waals surface area contributed by atoms with Gasteiger partial charge in [-0.3, -0.25) is 9.59 Å². The Balaban J connectivity index is 1.46. The number of para-hydroxylation sites is 1. The largest absolute Gasteiger partial charge is 0.322 e. The fraction of sp³-hybridized carbons (Fsp3) is 0.0800. The molecule has 0 fully saturated rings.